The molecule has 56 valence electrons. The standard InChI is InChI=1S/C8H12O2/c1-5-3-7(9)8(10)4-6(5)2/h5-6H,3-4H2,1-2H3/t5-,6-/m0/s1. The van der Waals surface area contributed by atoms with Gasteiger partial charge in [0.1, 0.15) is 0 Å². The zero-order chi connectivity index (χ0) is 7.72. The molecule has 0 radical (unpaired) electrons. The van der Waals surface area contributed by atoms with Crippen LogP contribution < -0.4 is 0 Å². The Kier molecular flexibility index (Phi) is 1.88. The third kappa shape index (κ3) is 1.25. The number of hydrogen-bond donors (Lipinski definition) is 0. The summed E-state index contributed by atoms with van der Waals surface area (Å²) in [4.78, 5) is 21.6. The van der Waals surface area contributed by atoms with E-state index in [0.29, 0.717) is 24.7 Å². The van der Waals surface area contributed by atoms with Crippen LogP contribution in [0.4, 0.5) is 0 Å². The number of ketones is 2. The molecule has 1 fully saturated rings. The summed E-state index contributed by atoms with van der Waals surface area (Å²) in [6.07, 6.45) is 0.917. The van der Waals surface area contributed by atoms with Crippen LogP contribution in [-0.2, 0) is 9.59 Å². The third-order valence-corrected chi connectivity index (χ3v) is 2.30. The van der Waals surface area contributed by atoms with Gasteiger partial charge >= 0.3 is 0 Å². The molecule has 0 aromatic carbocycles. The van der Waals surface area contributed by atoms with Crippen molar-refractivity contribution < 1.29 is 9.59 Å². The van der Waals surface area contributed by atoms with Crippen molar-refractivity contribution in [1.29, 1.82) is 0 Å². The first-order chi connectivity index (χ1) is 4.61. The maximum Gasteiger partial charge on any atom is 0.198 e. The monoisotopic (exact) mass is 140 g/mol. The summed E-state index contributed by atoms with van der Waals surface area (Å²) < 4.78 is 0. The highest BCUT2D eigenvalue weighted by Crippen LogP contribution is 2.24. The number of Topliss-reactive ketones (excluding diaryl/α,β-unsaturated/α-hetero) is 2. The van der Waals surface area contributed by atoms with Crippen molar-refractivity contribution in [3.63, 3.8) is 0 Å². The van der Waals surface area contributed by atoms with Crippen LogP contribution >= 0.6 is 0 Å². The van der Waals surface area contributed by atoms with Gasteiger partial charge in [0.2, 0.25) is 0 Å². The summed E-state index contributed by atoms with van der Waals surface area (Å²) >= 11 is 0. The third-order valence-electron chi connectivity index (χ3n) is 2.30. The van der Waals surface area contributed by atoms with E-state index in [1.165, 1.54) is 0 Å². The van der Waals surface area contributed by atoms with Gasteiger partial charge < -0.3 is 0 Å². The van der Waals surface area contributed by atoms with Crippen LogP contribution in [0.3, 0.4) is 0 Å². The summed E-state index contributed by atoms with van der Waals surface area (Å²) in [6, 6.07) is 0. The van der Waals surface area contributed by atoms with Crippen molar-refractivity contribution in [3.8, 4) is 0 Å². The fourth-order valence-electron chi connectivity index (χ4n) is 1.21. The summed E-state index contributed by atoms with van der Waals surface area (Å²) in [5, 5.41) is 0. The molecule has 10 heavy (non-hydrogen) atoms. The zero-order valence-corrected chi connectivity index (χ0v) is 6.39. The lowest BCUT2D eigenvalue weighted by Crippen LogP contribution is -2.29. The quantitative estimate of drug-likeness (QED) is 0.474. The molecule has 0 N–H and O–H groups in total. The van der Waals surface area contributed by atoms with Gasteiger partial charge in [0.15, 0.2) is 11.6 Å². The zero-order valence-electron chi connectivity index (χ0n) is 6.39. The largest absolute Gasteiger partial charge is 0.291 e. The van der Waals surface area contributed by atoms with E-state index < -0.39 is 0 Å². The molecule has 0 aliphatic heterocycles. The molecule has 0 unspecified atom stereocenters. The fraction of sp³-hybridized carbons (Fsp3) is 0.750. The second kappa shape index (κ2) is 2.52. The molecular weight excluding hydrogens is 128 g/mol. The summed E-state index contributed by atoms with van der Waals surface area (Å²) in [5.41, 5.74) is 0. The Morgan fingerprint density at radius 3 is 1.60 bits per heavy atom. The molecule has 0 aromatic heterocycles. The van der Waals surface area contributed by atoms with Gasteiger partial charge in [0, 0.05) is 12.8 Å². The van der Waals surface area contributed by atoms with Crippen molar-refractivity contribution >= 4 is 11.6 Å². The molecular formula is C8H12O2. The summed E-state index contributed by atoms with van der Waals surface area (Å²) in [5.74, 6) is 0.437. The van der Waals surface area contributed by atoms with Crippen molar-refractivity contribution in [3.05, 3.63) is 0 Å². The van der Waals surface area contributed by atoms with Crippen molar-refractivity contribution in [2.75, 3.05) is 0 Å². The first-order valence-electron chi connectivity index (χ1n) is 3.67. The van der Waals surface area contributed by atoms with Gasteiger partial charge in [0.05, 0.1) is 0 Å². The molecule has 0 bridgehead atoms. The molecule has 1 aliphatic carbocycles. The number of carbonyl (C=O) groups excluding carboxylic acids is 2. The van der Waals surface area contributed by atoms with E-state index >= 15 is 0 Å². The lowest BCUT2D eigenvalue weighted by atomic mass is 9.80. The Hall–Kier alpha value is -0.660. The average molecular weight is 140 g/mol. The minimum atomic E-state index is -0.175. The van der Waals surface area contributed by atoms with Crippen LogP contribution in [0.15, 0.2) is 0 Å². The molecule has 0 saturated heterocycles. The van der Waals surface area contributed by atoms with E-state index in [4.69, 9.17) is 0 Å². The van der Waals surface area contributed by atoms with Gasteiger partial charge in [0.25, 0.3) is 0 Å². The number of rotatable bonds is 0. The highest BCUT2D eigenvalue weighted by Gasteiger charge is 2.28. The maximum atomic E-state index is 10.8. The predicted octanol–water partition coefficient (Wildman–Crippen LogP) is 1.19. The predicted molar refractivity (Wildman–Crippen MR) is 37.6 cm³/mol. The lowest BCUT2D eigenvalue weighted by molar-refractivity contribution is -0.140. The van der Waals surface area contributed by atoms with Crippen LogP contribution in [0.25, 0.3) is 0 Å². The van der Waals surface area contributed by atoms with Gasteiger partial charge in [-0.1, -0.05) is 13.8 Å². The second-order valence-corrected chi connectivity index (χ2v) is 3.21. The molecule has 1 aliphatic rings. The molecule has 0 amide bonds. The number of carbonyl (C=O) groups is 2. The molecule has 1 saturated carbocycles. The highest BCUT2D eigenvalue weighted by atomic mass is 16.2. The summed E-state index contributed by atoms with van der Waals surface area (Å²) in [7, 11) is 0. The Balaban J connectivity index is 2.63. The van der Waals surface area contributed by atoms with E-state index in [9.17, 15) is 9.59 Å². The fourth-order valence-corrected chi connectivity index (χ4v) is 1.21. The first kappa shape index (κ1) is 7.45. The average Bonchev–Trinajstić information content (AvgIpc) is 1.84. The number of hydrogen-bond acceptors (Lipinski definition) is 2. The van der Waals surface area contributed by atoms with E-state index in [2.05, 4.69) is 0 Å². The SMILES string of the molecule is C[C@H]1CC(=O)C(=O)C[C@@H]1C. The maximum absolute atomic E-state index is 10.8. The topological polar surface area (TPSA) is 34.1 Å². The molecule has 2 nitrogen and oxygen atoms in total. The molecule has 2 heteroatoms. The Morgan fingerprint density at radius 1 is 1.00 bits per heavy atom. The molecule has 0 spiro atoms. The Morgan fingerprint density at radius 2 is 1.30 bits per heavy atom. The minimum absolute atomic E-state index is 0.175. The van der Waals surface area contributed by atoms with Crippen LogP contribution in [0, 0.1) is 11.8 Å². The Bertz CT molecular complexity index is 152. The Labute approximate surface area is 60.6 Å². The van der Waals surface area contributed by atoms with E-state index in [1.54, 1.807) is 0 Å². The minimum Gasteiger partial charge on any atom is -0.291 e. The van der Waals surface area contributed by atoms with Gasteiger partial charge in [-0.25, -0.2) is 0 Å². The van der Waals surface area contributed by atoms with Crippen LogP contribution in [0.1, 0.15) is 26.7 Å². The van der Waals surface area contributed by atoms with Gasteiger partial charge in [-0.05, 0) is 11.8 Å². The van der Waals surface area contributed by atoms with E-state index in [1.807, 2.05) is 13.8 Å². The molecule has 1 rings (SSSR count). The van der Waals surface area contributed by atoms with Crippen molar-refractivity contribution in [2.45, 2.75) is 26.7 Å². The van der Waals surface area contributed by atoms with E-state index in [0.717, 1.165) is 0 Å². The molecule has 0 aromatic rings. The smallest absolute Gasteiger partial charge is 0.198 e. The molecule has 0 heterocycles. The van der Waals surface area contributed by atoms with Crippen molar-refractivity contribution in [2.24, 2.45) is 11.8 Å². The van der Waals surface area contributed by atoms with Crippen LogP contribution in [-0.4, -0.2) is 11.6 Å². The normalized spacial score (nSPS) is 34.6. The first-order valence-corrected chi connectivity index (χ1v) is 3.67. The van der Waals surface area contributed by atoms with Crippen LogP contribution in [0.2, 0.25) is 0 Å². The van der Waals surface area contributed by atoms with Gasteiger partial charge in [-0.2, -0.15) is 0 Å². The highest BCUT2D eigenvalue weighted by molar-refractivity contribution is 6.37. The summed E-state index contributed by atoms with van der Waals surface area (Å²) in [6.45, 7) is 4.05. The van der Waals surface area contributed by atoms with Crippen molar-refractivity contribution in [1.82, 2.24) is 0 Å². The lowest BCUT2D eigenvalue weighted by Gasteiger charge is -2.22. The van der Waals surface area contributed by atoms with E-state index in [-0.39, 0.29) is 11.6 Å². The van der Waals surface area contributed by atoms with Crippen LogP contribution in [0.5, 0.6) is 0 Å². The van der Waals surface area contributed by atoms with Gasteiger partial charge in [-0.3, -0.25) is 9.59 Å². The second-order valence-electron chi connectivity index (χ2n) is 3.21. The molecule has 2 atom stereocenters. The van der Waals surface area contributed by atoms with Gasteiger partial charge in [-0.15, -0.1) is 0 Å².